The van der Waals surface area contributed by atoms with Gasteiger partial charge in [-0.25, -0.2) is 4.98 Å². The van der Waals surface area contributed by atoms with Gasteiger partial charge in [0.15, 0.2) is 0 Å². The normalized spacial score (nSPS) is 10.9. The molecule has 0 aliphatic heterocycles. The fourth-order valence-electron chi connectivity index (χ4n) is 1.82. The Morgan fingerprint density at radius 1 is 1.16 bits per heavy atom. The molecule has 0 fully saturated rings. The van der Waals surface area contributed by atoms with Crippen molar-refractivity contribution in [3.63, 3.8) is 0 Å². The average molecular weight is 310 g/mol. The number of anilines is 2. The summed E-state index contributed by atoms with van der Waals surface area (Å²) in [5.41, 5.74) is 2.00. The second-order valence-corrected chi connectivity index (χ2v) is 5.73. The van der Waals surface area contributed by atoms with Gasteiger partial charge in [-0.05, 0) is 53.7 Å². The molecular weight excluding hydrogens is 301 g/mol. The maximum atomic E-state index is 5.95. The fraction of sp³-hybridized carbons (Fsp3) is 0.0769. The van der Waals surface area contributed by atoms with E-state index >= 15 is 0 Å². The lowest BCUT2D eigenvalue weighted by molar-refractivity contribution is 1.23. The number of nitrogens with zero attached hydrogens (tertiary/aromatic N) is 2. The Balaban J connectivity index is 2.07. The third-order valence-corrected chi connectivity index (χ3v) is 3.95. The second kappa shape index (κ2) is 4.96. The minimum Gasteiger partial charge on any atom is -0.339 e. The molecule has 0 aliphatic carbocycles. The van der Waals surface area contributed by atoms with Gasteiger partial charge in [0, 0.05) is 10.7 Å². The van der Waals surface area contributed by atoms with E-state index in [1.165, 1.54) is 11.3 Å². The van der Waals surface area contributed by atoms with Gasteiger partial charge in [-0.3, -0.25) is 0 Å². The van der Waals surface area contributed by atoms with Crippen molar-refractivity contribution in [3.05, 3.63) is 45.5 Å². The van der Waals surface area contributed by atoms with E-state index in [1.807, 2.05) is 36.6 Å². The summed E-state index contributed by atoms with van der Waals surface area (Å²) < 4.78 is 0. The summed E-state index contributed by atoms with van der Waals surface area (Å²) in [4.78, 5) is 9.31. The number of halogens is 2. The fourth-order valence-corrected chi connectivity index (χ4v) is 3.03. The van der Waals surface area contributed by atoms with Crippen LogP contribution in [0.25, 0.3) is 10.2 Å². The lowest BCUT2D eigenvalue weighted by Crippen LogP contribution is -1.97. The Hall–Kier alpha value is -1.36. The van der Waals surface area contributed by atoms with Gasteiger partial charge in [-0.2, -0.15) is 4.98 Å². The first-order valence-corrected chi connectivity index (χ1v) is 7.21. The van der Waals surface area contributed by atoms with Crippen LogP contribution < -0.4 is 5.32 Å². The molecule has 1 aromatic carbocycles. The largest absolute Gasteiger partial charge is 0.339 e. The summed E-state index contributed by atoms with van der Waals surface area (Å²) >= 11 is 13.4. The monoisotopic (exact) mass is 309 g/mol. The first-order chi connectivity index (χ1) is 9.13. The van der Waals surface area contributed by atoms with E-state index in [2.05, 4.69) is 15.3 Å². The summed E-state index contributed by atoms with van der Waals surface area (Å²) in [5.74, 6) is 0.710. The Labute approximate surface area is 124 Å². The van der Waals surface area contributed by atoms with Gasteiger partial charge in [0.1, 0.15) is 10.6 Å². The highest BCUT2D eigenvalue weighted by atomic mass is 35.5. The summed E-state index contributed by atoms with van der Waals surface area (Å²) in [5, 5.41) is 7.16. The maximum absolute atomic E-state index is 5.95. The average Bonchev–Trinajstić information content (AvgIpc) is 2.80. The van der Waals surface area contributed by atoms with Crippen molar-refractivity contribution in [1.29, 1.82) is 0 Å². The van der Waals surface area contributed by atoms with Crippen molar-refractivity contribution in [2.24, 2.45) is 0 Å². The zero-order valence-electron chi connectivity index (χ0n) is 9.95. The van der Waals surface area contributed by atoms with Gasteiger partial charge < -0.3 is 5.32 Å². The molecule has 0 saturated carbocycles. The quantitative estimate of drug-likeness (QED) is 0.673. The van der Waals surface area contributed by atoms with Crippen LogP contribution in [-0.2, 0) is 0 Å². The molecule has 96 valence electrons. The van der Waals surface area contributed by atoms with Gasteiger partial charge in [0.05, 0.1) is 5.39 Å². The Morgan fingerprint density at radius 2 is 2.00 bits per heavy atom. The van der Waals surface area contributed by atoms with Crippen LogP contribution in [0.4, 0.5) is 11.5 Å². The van der Waals surface area contributed by atoms with E-state index in [9.17, 15) is 0 Å². The van der Waals surface area contributed by atoms with Gasteiger partial charge in [0.2, 0.25) is 5.28 Å². The van der Waals surface area contributed by atoms with E-state index in [4.69, 9.17) is 23.2 Å². The van der Waals surface area contributed by atoms with Crippen molar-refractivity contribution in [1.82, 2.24) is 9.97 Å². The predicted molar refractivity (Wildman–Crippen MR) is 81.9 cm³/mol. The van der Waals surface area contributed by atoms with Gasteiger partial charge >= 0.3 is 0 Å². The SMILES string of the molecule is Cc1cc(Cl)ccc1Nc1nc(Cl)nc2sccc12. The Bertz CT molecular complexity index is 755. The molecule has 19 heavy (non-hydrogen) atoms. The van der Waals surface area contributed by atoms with Crippen LogP contribution in [0.15, 0.2) is 29.6 Å². The van der Waals surface area contributed by atoms with E-state index in [0.29, 0.717) is 10.8 Å². The van der Waals surface area contributed by atoms with Crippen LogP contribution in [0.1, 0.15) is 5.56 Å². The summed E-state index contributed by atoms with van der Waals surface area (Å²) in [6, 6.07) is 7.64. The Morgan fingerprint density at radius 3 is 2.79 bits per heavy atom. The number of nitrogens with one attached hydrogen (secondary N) is 1. The molecule has 3 nitrogen and oxygen atoms in total. The van der Waals surface area contributed by atoms with Crippen molar-refractivity contribution in [2.75, 3.05) is 5.32 Å². The number of fused-ring (bicyclic) bond motifs is 1. The van der Waals surface area contributed by atoms with Gasteiger partial charge in [-0.1, -0.05) is 11.6 Å². The van der Waals surface area contributed by atoms with Crippen LogP contribution in [0.2, 0.25) is 10.3 Å². The van der Waals surface area contributed by atoms with Crippen LogP contribution in [0.5, 0.6) is 0 Å². The summed E-state index contributed by atoms with van der Waals surface area (Å²) in [7, 11) is 0. The number of aryl methyl sites for hydroxylation is 1. The standard InChI is InChI=1S/C13H9Cl2N3S/c1-7-6-8(14)2-3-10(7)16-11-9-4-5-19-12(9)18-13(15)17-11/h2-6H,1H3,(H,16,17,18). The highest BCUT2D eigenvalue weighted by Gasteiger charge is 2.09. The van der Waals surface area contributed by atoms with Crippen LogP contribution >= 0.6 is 34.5 Å². The highest BCUT2D eigenvalue weighted by molar-refractivity contribution is 7.16. The van der Waals surface area contributed by atoms with Gasteiger partial charge in [0.25, 0.3) is 0 Å². The molecule has 3 aromatic rings. The second-order valence-electron chi connectivity index (χ2n) is 4.06. The third kappa shape index (κ3) is 2.52. The number of hydrogen-bond donors (Lipinski definition) is 1. The molecular formula is C13H9Cl2N3S. The molecule has 0 saturated heterocycles. The van der Waals surface area contributed by atoms with Crippen molar-refractivity contribution in [3.8, 4) is 0 Å². The van der Waals surface area contributed by atoms with E-state index in [1.54, 1.807) is 0 Å². The number of aromatic nitrogens is 2. The minimum atomic E-state index is 0.240. The predicted octanol–water partition coefficient (Wildman–Crippen LogP) is 5.05. The molecule has 0 amide bonds. The lowest BCUT2D eigenvalue weighted by Gasteiger charge is -2.10. The molecule has 2 heterocycles. The first kappa shape index (κ1) is 12.7. The molecule has 0 atom stereocenters. The molecule has 6 heteroatoms. The maximum Gasteiger partial charge on any atom is 0.225 e. The Kier molecular flexibility index (Phi) is 3.31. The van der Waals surface area contributed by atoms with E-state index in [-0.39, 0.29) is 5.28 Å². The first-order valence-electron chi connectivity index (χ1n) is 5.57. The molecule has 2 aromatic heterocycles. The van der Waals surface area contributed by atoms with Crippen molar-refractivity contribution < 1.29 is 0 Å². The molecule has 0 bridgehead atoms. The molecule has 0 spiro atoms. The molecule has 3 rings (SSSR count). The van der Waals surface area contributed by atoms with Crippen molar-refractivity contribution >= 4 is 56.3 Å². The topological polar surface area (TPSA) is 37.8 Å². The molecule has 1 N–H and O–H groups in total. The van der Waals surface area contributed by atoms with Crippen LogP contribution in [-0.4, -0.2) is 9.97 Å². The minimum absolute atomic E-state index is 0.240. The number of benzene rings is 1. The molecule has 0 radical (unpaired) electrons. The van der Waals surface area contributed by atoms with Crippen LogP contribution in [0, 0.1) is 6.92 Å². The zero-order valence-corrected chi connectivity index (χ0v) is 12.3. The van der Waals surface area contributed by atoms with E-state index < -0.39 is 0 Å². The highest BCUT2D eigenvalue weighted by Crippen LogP contribution is 2.30. The molecule has 0 unspecified atom stereocenters. The number of hydrogen-bond acceptors (Lipinski definition) is 4. The smallest absolute Gasteiger partial charge is 0.225 e. The summed E-state index contributed by atoms with van der Waals surface area (Å²) in [6.45, 7) is 1.99. The zero-order chi connectivity index (χ0) is 13.4. The number of rotatable bonds is 2. The number of thiophene rings is 1. The van der Waals surface area contributed by atoms with E-state index in [0.717, 1.165) is 21.5 Å². The van der Waals surface area contributed by atoms with Crippen LogP contribution in [0.3, 0.4) is 0 Å². The van der Waals surface area contributed by atoms with Crippen molar-refractivity contribution in [2.45, 2.75) is 6.92 Å². The molecule has 0 aliphatic rings. The lowest BCUT2D eigenvalue weighted by atomic mass is 10.2. The summed E-state index contributed by atoms with van der Waals surface area (Å²) in [6.07, 6.45) is 0. The third-order valence-electron chi connectivity index (χ3n) is 2.74. The van der Waals surface area contributed by atoms with Gasteiger partial charge in [-0.15, -0.1) is 11.3 Å².